The quantitative estimate of drug-likeness (QED) is 0.856. The summed E-state index contributed by atoms with van der Waals surface area (Å²) in [5.74, 6) is 1.63. The van der Waals surface area contributed by atoms with Crippen LogP contribution in [0.3, 0.4) is 0 Å². The Hall–Kier alpha value is -1.88. The van der Waals surface area contributed by atoms with Gasteiger partial charge >= 0.3 is 0 Å². The summed E-state index contributed by atoms with van der Waals surface area (Å²) in [4.78, 5) is 11.0. The topological polar surface area (TPSA) is 58.5 Å². The molecule has 0 amide bonds. The predicted octanol–water partition coefficient (Wildman–Crippen LogP) is 2.38. The highest BCUT2D eigenvalue weighted by Crippen LogP contribution is 2.31. The maximum atomic E-state index is 9.87. The largest absolute Gasteiger partial charge is 0.492 e. The van der Waals surface area contributed by atoms with Gasteiger partial charge in [-0.25, -0.2) is 9.97 Å². The molecule has 0 atom stereocenters. The number of β-amino-alcohol motifs (C(OH)–C–C–N with tert-alkyl or cyclic N) is 1. The summed E-state index contributed by atoms with van der Waals surface area (Å²) >= 11 is 0. The lowest BCUT2D eigenvalue weighted by Crippen LogP contribution is -2.60. The number of nitrogens with zero attached hydrogens (tertiary/aromatic N) is 3. The van der Waals surface area contributed by atoms with Gasteiger partial charge in [0.25, 0.3) is 0 Å². The van der Waals surface area contributed by atoms with Gasteiger partial charge in [0.05, 0.1) is 18.4 Å². The number of unbranched alkanes of at least 4 members (excludes halogenated alkanes) is 1. The number of hydrogen-bond acceptors (Lipinski definition) is 5. The van der Waals surface area contributed by atoms with Crippen LogP contribution >= 0.6 is 0 Å². The van der Waals surface area contributed by atoms with Gasteiger partial charge in [-0.2, -0.15) is 0 Å². The molecule has 5 nitrogen and oxygen atoms in total. The maximum Gasteiger partial charge on any atom is 0.155 e. The van der Waals surface area contributed by atoms with Crippen LogP contribution in [0.25, 0.3) is 10.9 Å². The van der Waals surface area contributed by atoms with Gasteiger partial charge in [-0.3, -0.25) is 0 Å². The minimum absolute atomic E-state index is 0.593. The molecule has 112 valence electrons. The summed E-state index contributed by atoms with van der Waals surface area (Å²) < 4.78 is 5.69. The lowest BCUT2D eigenvalue weighted by atomic mass is 9.97. The van der Waals surface area contributed by atoms with Gasteiger partial charge in [-0.15, -0.1) is 0 Å². The van der Waals surface area contributed by atoms with E-state index in [9.17, 15) is 5.11 Å². The number of pyridine rings is 2. The molecule has 1 saturated heterocycles. The lowest BCUT2D eigenvalue weighted by Gasteiger charge is -2.45. The van der Waals surface area contributed by atoms with Gasteiger partial charge in [0.15, 0.2) is 5.82 Å². The average Bonchev–Trinajstić information content (AvgIpc) is 2.44. The molecule has 5 heteroatoms. The van der Waals surface area contributed by atoms with Gasteiger partial charge in [-0.05, 0) is 25.5 Å². The Bertz CT molecular complexity index is 634. The van der Waals surface area contributed by atoms with E-state index in [-0.39, 0.29) is 0 Å². The Morgan fingerprint density at radius 2 is 2.19 bits per heavy atom. The van der Waals surface area contributed by atoms with E-state index in [1.165, 1.54) is 0 Å². The van der Waals surface area contributed by atoms with E-state index in [0.717, 1.165) is 41.9 Å². The van der Waals surface area contributed by atoms with Crippen molar-refractivity contribution in [2.75, 3.05) is 24.6 Å². The van der Waals surface area contributed by atoms with Gasteiger partial charge in [0.1, 0.15) is 11.3 Å². The molecule has 21 heavy (non-hydrogen) atoms. The number of fused-ring (bicyclic) bond motifs is 1. The number of aliphatic hydroxyl groups is 1. The first-order chi connectivity index (χ1) is 10.1. The Morgan fingerprint density at radius 3 is 2.90 bits per heavy atom. The Morgan fingerprint density at radius 1 is 1.38 bits per heavy atom. The molecule has 3 heterocycles. The molecule has 0 radical (unpaired) electrons. The van der Waals surface area contributed by atoms with Crippen LogP contribution in [0, 0.1) is 0 Å². The van der Waals surface area contributed by atoms with Crippen LogP contribution < -0.4 is 9.64 Å². The van der Waals surface area contributed by atoms with E-state index in [1.54, 1.807) is 12.4 Å². The molecular weight excluding hydrogens is 266 g/mol. The van der Waals surface area contributed by atoms with E-state index in [0.29, 0.717) is 13.1 Å². The Kier molecular flexibility index (Phi) is 3.68. The first-order valence-corrected chi connectivity index (χ1v) is 7.44. The number of rotatable bonds is 5. The van der Waals surface area contributed by atoms with Crippen LogP contribution in [0.15, 0.2) is 24.5 Å². The molecule has 0 aliphatic carbocycles. The number of ether oxygens (including phenoxy) is 1. The SMILES string of the molecule is CCCCOc1cnc2c(N3CC(C)(O)C3)nccc2c1. The molecule has 0 bridgehead atoms. The van der Waals surface area contributed by atoms with E-state index < -0.39 is 5.60 Å². The summed E-state index contributed by atoms with van der Waals surface area (Å²) in [7, 11) is 0. The fourth-order valence-electron chi connectivity index (χ4n) is 2.60. The van der Waals surface area contributed by atoms with Crippen LogP contribution in [0.4, 0.5) is 5.82 Å². The zero-order valence-corrected chi connectivity index (χ0v) is 12.5. The summed E-state index contributed by atoms with van der Waals surface area (Å²) in [5.41, 5.74) is 0.239. The zero-order valence-electron chi connectivity index (χ0n) is 12.5. The predicted molar refractivity (Wildman–Crippen MR) is 82.8 cm³/mol. The fourth-order valence-corrected chi connectivity index (χ4v) is 2.60. The van der Waals surface area contributed by atoms with Crippen molar-refractivity contribution in [3.05, 3.63) is 24.5 Å². The van der Waals surface area contributed by atoms with Gasteiger partial charge in [0, 0.05) is 24.7 Å². The highest BCUT2D eigenvalue weighted by molar-refractivity contribution is 5.89. The number of anilines is 1. The molecule has 2 aromatic rings. The second kappa shape index (κ2) is 5.48. The first-order valence-electron chi connectivity index (χ1n) is 7.44. The van der Waals surface area contributed by atoms with Crippen LogP contribution in [0.5, 0.6) is 5.75 Å². The van der Waals surface area contributed by atoms with Crippen molar-refractivity contribution in [3.8, 4) is 5.75 Å². The van der Waals surface area contributed by atoms with E-state index in [2.05, 4.69) is 16.9 Å². The molecule has 0 spiro atoms. The Balaban J connectivity index is 1.83. The Labute approximate surface area is 124 Å². The van der Waals surface area contributed by atoms with Crippen molar-refractivity contribution >= 4 is 16.7 Å². The number of hydrogen-bond donors (Lipinski definition) is 1. The maximum absolute atomic E-state index is 9.87. The van der Waals surface area contributed by atoms with E-state index in [1.807, 2.05) is 24.0 Å². The summed E-state index contributed by atoms with van der Waals surface area (Å²) in [6, 6.07) is 3.94. The first kappa shape index (κ1) is 14.1. The van der Waals surface area contributed by atoms with Crippen molar-refractivity contribution < 1.29 is 9.84 Å². The highest BCUT2D eigenvalue weighted by Gasteiger charge is 2.38. The molecular formula is C16H21N3O2. The van der Waals surface area contributed by atoms with Gasteiger partial charge in [-0.1, -0.05) is 13.3 Å². The van der Waals surface area contributed by atoms with Crippen molar-refractivity contribution in [2.24, 2.45) is 0 Å². The monoisotopic (exact) mass is 287 g/mol. The molecule has 1 fully saturated rings. The van der Waals surface area contributed by atoms with Gasteiger partial charge in [0.2, 0.25) is 0 Å². The smallest absolute Gasteiger partial charge is 0.155 e. The third-order valence-corrected chi connectivity index (χ3v) is 3.68. The van der Waals surface area contributed by atoms with E-state index in [4.69, 9.17) is 4.74 Å². The van der Waals surface area contributed by atoms with E-state index >= 15 is 0 Å². The summed E-state index contributed by atoms with van der Waals surface area (Å²) in [6.07, 6.45) is 5.69. The molecule has 1 aliphatic rings. The zero-order chi connectivity index (χ0) is 14.9. The molecule has 3 rings (SSSR count). The van der Waals surface area contributed by atoms with Crippen molar-refractivity contribution in [2.45, 2.75) is 32.3 Å². The lowest BCUT2D eigenvalue weighted by molar-refractivity contribution is 0.0307. The molecule has 0 aromatic carbocycles. The van der Waals surface area contributed by atoms with Crippen LogP contribution in [0.2, 0.25) is 0 Å². The van der Waals surface area contributed by atoms with Crippen LogP contribution in [-0.4, -0.2) is 40.4 Å². The van der Waals surface area contributed by atoms with Crippen molar-refractivity contribution in [1.29, 1.82) is 0 Å². The van der Waals surface area contributed by atoms with Crippen molar-refractivity contribution in [1.82, 2.24) is 9.97 Å². The normalized spacial score (nSPS) is 16.8. The fraction of sp³-hybridized carbons (Fsp3) is 0.500. The average molecular weight is 287 g/mol. The third kappa shape index (κ3) is 2.93. The second-order valence-corrected chi connectivity index (χ2v) is 5.93. The summed E-state index contributed by atoms with van der Waals surface area (Å²) in [5, 5.41) is 10.9. The number of aromatic nitrogens is 2. The molecule has 2 aromatic heterocycles. The minimum atomic E-state index is -0.618. The summed E-state index contributed by atoms with van der Waals surface area (Å²) in [6.45, 7) is 5.88. The van der Waals surface area contributed by atoms with Gasteiger partial charge < -0.3 is 14.7 Å². The molecule has 1 aliphatic heterocycles. The molecule has 0 saturated carbocycles. The highest BCUT2D eigenvalue weighted by atomic mass is 16.5. The minimum Gasteiger partial charge on any atom is -0.492 e. The third-order valence-electron chi connectivity index (χ3n) is 3.68. The molecule has 0 unspecified atom stereocenters. The molecule has 1 N–H and O–H groups in total. The van der Waals surface area contributed by atoms with Crippen LogP contribution in [0.1, 0.15) is 26.7 Å². The van der Waals surface area contributed by atoms with Crippen molar-refractivity contribution in [3.63, 3.8) is 0 Å². The standard InChI is InChI=1S/C16H21N3O2/c1-3-4-7-21-13-8-12-5-6-17-15(14(12)18-9-13)19-10-16(2,20)11-19/h5-6,8-9,20H,3-4,7,10-11H2,1-2H3. The second-order valence-electron chi connectivity index (χ2n) is 5.93. The van der Waals surface area contributed by atoms with Crippen LogP contribution in [-0.2, 0) is 0 Å².